The molecule has 0 aliphatic heterocycles. The summed E-state index contributed by atoms with van der Waals surface area (Å²) in [6.45, 7) is 7.71. The van der Waals surface area contributed by atoms with Crippen LogP contribution in [0.2, 0.25) is 0 Å². The second-order valence-corrected chi connectivity index (χ2v) is 4.15. The number of rotatable bonds is 7. The van der Waals surface area contributed by atoms with E-state index in [1.54, 1.807) is 19.3 Å². The first kappa shape index (κ1) is 15.9. The van der Waals surface area contributed by atoms with E-state index in [0.717, 1.165) is 18.1 Å². The summed E-state index contributed by atoms with van der Waals surface area (Å²) in [4.78, 5) is 4.44. The van der Waals surface area contributed by atoms with Gasteiger partial charge in [-0.15, -0.1) is 6.58 Å². The van der Waals surface area contributed by atoms with Crippen LogP contribution in [0, 0.1) is 0 Å². The van der Waals surface area contributed by atoms with E-state index in [1.165, 1.54) is 0 Å². The molecule has 0 amide bonds. The highest BCUT2D eigenvalue weighted by atomic mass is 16.5. The van der Waals surface area contributed by atoms with Crippen molar-refractivity contribution in [2.24, 2.45) is 4.99 Å². The molecule has 0 fully saturated rings. The molecule has 0 atom stereocenters. The molecule has 3 N–H and O–H groups in total. The maximum absolute atomic E-state index is 9.98. The Morgan fingerprint density at radius 3 is 2.90 bits per heavy atom. The van der Waals surface area contributed by atoms with Gasteiger partial charge in [-0.25, -0.2) is 0 Å². The number of aliphatic imine (C=N–C) groups is 1. The molecule has 5 heteroatoms. The first-order valence-corrected chi connectivity index (χ1v) is 6.70. The SMILES string of the molecule is C=CCNC(=NCCc1cccc(OC)c1O)NCC. The highest BCUT2D eigenvalue weighted by Crippen LogP contribution is 2.29. The van der Waals surface area contributed by atoms with Crippen molar-refractivity contribution < 1.29 is 9.84 Å². The Morgan fingerprint density at radius 1 is 1.45 bits per heavy atom. The number of hydrogen-bond acceptors (Lipinski definition) is 3. The summed E-state index contributed by atoms with van der Waals surface area (Å²) in [6, 6.07) is 5.47. The third-order valence-corrected chi connectivity index (χ3v) is 2.71. The molecule has 0 aliphatic carbocycles. The summed E-state index contributed by atoms with van der Waals surface area (Å²) in [7, 11) is 1.54. The molecular weight excluding hydrogens is 254 g/mol. The number of para-hydroxylation sites is 1. The van der Waals surface area contributed by atoms with E-state index in [-0.39, 0.29) is 5.75 Å². The minimum atomic E-state index is 0.189. The standard InChI is InChI=1S/C15H23N3O2/c1-4-10-17-15(16-5-2)18-11-9-12-7-6-8-13(20-3)14(12)19/h4,6-8,19H,1,5,9-11H2,2-3H3,(H2,16,17,18). The zero-order chi connectivity index (χ0) is 14.8. The number of phenolic OH excluding ortho intramolecular Hbond substituents is 1. The smallest absolute Gasteiger partial charge is 0.191 e. The lowest BCUT2D eigenvalue weighted by molar-refractivity contribution is 0.370. The van der Waals surface area contributed by atoms with Crippen molar-refractivity contribution in [3.8, 4) is 11.5 Å². The van der Waals surface area contributed by atoms with Crippen molar-refractivity contribution in [2.75, 3.05) is 26.7 Å². The van der Waals surface area contributed by atoms with Crippen molar-refractivity contribution in [3.05, 3.63) is 36.4 Å². The van der Waals surface area contributed by atoms with E-state index in [9.17, 15) is 5.11 Å². The zero-order valence-corrected chi connectivity index (χ0v) is 12.1. The second kappa shape index (κ2) is 8.85. The Kier molecular flexibility index (Phi) is 7.03. The quantitative estimate of drug-likeness (QED) is 0.403. The molecule has 0 saturated heterocycles. The third kappa shape index (κ3) is 4.84. The van der Waals surface area contributed by atoms with Gasteiger partial charge in [0.1, 0.15) is 0 Å². The van der Waals surface area contributed by atoms with Crippen LogP contribution >= 0.6 is 0 Å². The van der Waals surface area contributed by atoms with Crippen molar-refractivity contribution in [1.82, 2.24) is 10.6 Å². The Morgan fingerprint density at radius 2 is 2.25 bits per heavy atom. The van der Waals surface area contributed by atoms with Crippen LogP contribution in [0.3, 0.4) is 0 Å². The average molecular weight is 277 g/mol. The summed E-state index contributed by atoms with van der Waals surface area (Å²) in [5.74, 6) is 1.42. The highest BCUT2D eigenvalue weighted by Gasteiger charge is 2.06. The van der Waals surface area contributed by atoms with Crippen molar-refractivity contribution >= 4 is 5.96 Å². The van der Waals surface area contributed by atoms with Gasteiger partial charge < -0.3 is 20.5 Å². The molecule has 0 unspecified atom stereocenters. The maximum atomic E-state index is 9.98. The van der Waals surface area contributed by atoms with Gasteiger partial charge in [0, 0.05) is 19.6 Å². The molecule has 0 radical (unpaired) electrons. The Balaban J connectivity index is 2.62. The van der Waals surface area contributed by atoms with Crippen molar-refractivity contribution in [2.45, 2.75) is 13.3 Å². The number of benzene rings is 1. The van der Waals surface area contributed by atoms with E-state index in [1.807, 2.05) is 19.1 Å². The number of nitrogens with one attached hydrogen (secondary N) is 2. The Bertz CT molecular complexity index is 458. The summed E-state index contributed by atoms with van der Waals surface area (Å²) < 4.78 is 5.08. The van der Waals surface area contributed by atoms with Crippen LogP contribution in [0.4, 0.5) is 0 Å². The number of guanidine groups is 1. The van der Waals surface area contributed by atoms with Crippen LogP contribution in [-0.4, -0.2) is 37.8 Å². The normalized spacial score (nSPS) is 11.0. The van der Waals surface area contributed by atoms with Gasteiger partial charge in [0.25, 0.3) is 0 Å². The summed E-state index contributed by atoms with van der Waals surface area (Å²) in [5.41, 5.74) is 0.827. The topological polar surface area (TPSA) is 65.9 Å². The van der Waals surface area contributed by atoms with Gasteiger partial charge in [-0.3, -0.25) is 4.99 Å². The van der Waals surface area contributed by atoms with Gasteiger partial charge in [0.2, 0.25) is 0 Å². The van der Waals surface area contributed by atoms with Crippen molar-refractivity contribution in [3.63, 3.8) is 0 Å². The van der Waals surface area contributed by atoms with Crippen LogP contribution < -0.4 is 15.4 Å². The van der Waals surface area contributed by atoms with Crippen LogP contribution in [-0.2, 0) is 6.42 Å². The highest BCUT2D eigenvalue weighted by molar-refractivity contribution is 5.79. The first-order chi connectivity index (χ1) is 9.72. The minimum Gasteiger partial charge on any atom is -0.504 e. The largest absolute Gasteiger partial charge is 0.504 e. The monoisotopic (exact) mass is 277 g/mol. The Labute approximate surface area is 120 Å². The molecule has 0 spiro atoms. The molecule has 1 aromatic rings. The fraction of sp³-hybridized carbons (Fsp3) is 0.400. The molecule has 20 heavy (non-hydrogen) atoms. The number of methoxy groups -OCH3 is 1. The summed E-state index contributed by atoms with van der Waals surface area (Å²) >= 11 is 0. The predicted octanol–water partition coefficient (Wildman–Crippen LogP) is 1.68. The predicted molar refractivity (Wildman–Crippen MR) is 82.5 cm³/mol. The van der Waals surface area contributed by atoms with Gasteiger partial charge in [-0.05, 0) is 25.0 Å². The van der Waals surface area contributed by atoms with Gasteiger partial charge in [-0.1, -0.05) is 18.2 Å². The van der Waals surface area contributed by atoms with E-state index >= 15 is 0 Å². The molecular formula is C15H23N3O2. The van der Waals surface area contributed by atoms with E-state index in [0.29, 0.717) is 25.3 Å². The molecule has 0 aliphatic rings. The molecule has 0 aromatic heterocycles. The molecule has 0 bridgehead atoms. The van der Waals surface area contributed by atoms with Crippen LogP contribution in [0.15, 0.2) is 35.8 Å². The minimum absolute atomic E-state index is 0.189. The van der Waals surface area contributed by atoms with Gasteiger partial charge in [0.15, 0.2) is 17.5 Å². The lowest BCUT2D eigenvalue weighted by atomic mass is 10.1. The number of aromatic hydroxyl groups is 1. The molecule has 110 valence electrons. The number of phenols is 1. The molecule has 1 aromatic carbocycles. The van der Waals surface area contributed by atoms with Crippen LogP contribution in [0.5, 0.6) is 11.5 Å². The maximum Gasteiger partial charge on any atom is 0.191 e. The van der Waals surface area contributed by atoms with Gasteiger partial charge in [-0.2, -0.15) is 0 Å². The molecule has 1 rings (SSSR count). The fourth-order valence-corrected chi connectivity index (χ4v) is 1.73. The van der Waals surface area contributed by atoms with E-state index < -0.39 is 0 Å². The fourth-order valence-electron chi connectivity index (χ4n) is 1.73. The molecule has 0 heterocycles. The zero-order valence-electron chi connectivity index (χ0n) is 12.1. The van der Waals surface area contributed by atoms with Crippen LogP contribution in [0.25, 0.3) is 0 Å². The third-order valence-electron chi connectivity index (χ3n) is 2.71. The van der Waals surface area contributed by atoms with Crippen molar-refractivity contribution in [1.29, 1.82) is 0 Å². The molecule has 5 nitrogen and oxygen atoms in total. The van der Waals surface area contributed by atoms with Crippen LogP contribution in [0.1, 0.15) is 12.5 Å². The lowest BCUT2D eigenvalue weighted by Gasteiger charge is -2.10. The van der Waals surface area contributed by atoms with E-state index in [2.05, 4.69) is 22.2 Å². The average Bonchev–Trinajstić information content (AvgIpc) is 2.46. The molecule has 0 saturated carbocycles. The Hall–Kier alpha value is -2.17. The lowest BCUT2D eigenvalue weighted by Crippen LogP contribution is -2.37. The number of hydrogen-bond donors (Lipinski definition) is 3. The number of ether oxygens (including phenoxy) is 1. The second-order valence-electron chi connectivity index (χ2n) is 4.15. The summed E-state index contributed by atoms with van der Waals surface area (Å²) in [5, 5.41) is 16.3. The first-order valence-electron chi connectivity index (χ1n) is 6.70. The van der Waals surface area contributed by atoms with Gasteiger partial charge >= 0.3 is 0 Å². The summed E-state index contributed by atoms with van der Waals surface area (Å²) in [6.07, 6.45) is 2.43. The van der Waals surface area contributed by atoms with Gasteiger partial charge in [0.05, 0.1) is 7.11 Å². The number of nitrogens with zero attached hydrogens (tertiary/aromatic N) is 1. The van der Waals surface area contributed by atoms with E-state index in [4.69, 9.17) is 4.74 Å².